The molecule has 0 aromatic carbocycles. The third-order valence-electron chi connectivity index (χ3n) is 0.957. The summed E-state index contributed by atoms with van der Waals surface area (Å²) in [5, 5.41) is 2.59. The molecule has 52 valence electrons. The van der Waals surface area contributed by atoms with Crippen molar-refractivity contribution in [1.82, 2.24) is 5.32 Å². The summed E-state index contributed by atoms with van der Waals surface area (Å²) in [6.07, 6.45) is 2.00. The quantitative estimate of drug-likeness (QED) is 0.795. The van der Waals surface area contributed by atoms with Crippen molar-refractivity contribution in [3.8, 4) is 0 Å². The van der Waals surface area contributed by atoms with Crippen LogP contribution >= 0.6 is 0 Å². The molecule has 0 rings (SSSR count). The van der Waals surface area contributed by atoms with E-state index in [4.69, 9.17) is 0 Å². The number of amides is 1. The van der Waals surface area contributed by atoms with Crippen molar-refractivity contribution in [1.29, 1.82) is 0 Å². The van der Waals surface area contributed by atoms with Crippen LogP contribution in [0, 0.1) is 0 Å². The Bertz CT molecular complexity index is 122. The van der Waals surface area contributed by atoms with E-state index in [9.17, 15) is 4.79 Å². The fourth-order valence-corrected chi connectivity index (χ4v) is 1.58. The molecule has 0 saturated heterocycles. The van der Waals surface area contributed by atoms with E-state index in [0.29, 0.717) is 0 Å². The van der Waals surface area contributed by atoms with Crippen LogP contribution < -0.4 is 5.32 Å². The summed E-state index contributed by atoms with van der Waals surface area (Å²) in [6, 6.07) is 0. The summed E-state index contributed by atoms with van der Waals surface area (Å²) >= 11 is 1.28. The molecular weight excluding hydrogens is 286 g/mol. The van der Waals surface area contributed by atoms with Crippen LogP contribution in [0.5, 0.6) is 0 Å². The first-order valence-electron chi connectivity index (χ1n) is 2.97. The van der Waals surface area contributed by atoms with Gasteiger partial charge in [-0.1, -0.05) is 0 Å². The zero-order valence-corrected chi connectivity index (χ0v) is 8.66. The van der Waals surface area contributed by atoms with Gasteiger partial charge in [-0.2, -0.15) is 0 Å². The zero-order valence-electron chi connectivity index (χ0n) is 5.73. The van der Waals surface area contributed by atoms with Crippen molar-refractivity contribution in [2.45, 2.75) is 19.8 Å². The number of rotatable bonds is 3. The first-order chi connectivity index (χ1) is 4.22. The van der Waals surface area contributed by atoms with Crippen LogP contribution in [0.25, 0.3) is 0 Å². The van der Waals surface area contributed by atoms with Gasteiger partial charge in [-0.05, 0) is 0 Å². The van der Waals surface area contributed by atoms with Crippen molar-refractivity contribution >= 4 is 9.81 Å². The van der Waals surface area contributed by atoms with E-state index >= 15 is 0 Å². The standard InChI is InChI=1S/C6H11NO.W/c1-3-4-5-6(8)7-2;/h3-4H2,1-2H3,(H,7,8);. The van der Waals surface area contributed by atoms with Gasteiger partial charge in [-0.15, -0.1) is 0 Å². The van der Waals surface area contributed by atoms with Crippen molar-refractivity contribution in [2.75, 3.05) is 7.05 Å². The first-order valence-corrected chi connectivity index (χ1v) is 4.44. The molecule has 1 amide bonds. The molecule has 0 atom stereocenters. The van der Waals surface area contributed by atoms with Gasteiger partial charge in [0.1, 0.15) is 0 Å². The predicted octanol–water partition coefficient (Wildman–Crippen LogP) is 0.252. The van der Waals surface area contributed by atoms with Crippen molar-refractivity contribution in [2.24, 2.45) is 0 Å². The number of hydrogen-bond acceptors (Lipinski definition) is 1. The van der Waals surface area contributed by atoms with Crippen LogP contribution in [0.3, 0.4) is 0 Å². The second-order valence-electron chi connectivity index (χ2n) is 1.75. The molecule has 0 heterocycles. The fraction of sp³-hybridized carbons (Fsp3) is 0.667. The summed E-state index contributed by atoms with van der Waals surface area (Å²) in [7, 11) is 1.67. The molecular formula is C6H11NOW. The van der Waals surface area contributed by atoms with E-state index in [0.717, 1.165) is 16.7 Å². The van der Waals surface area contributed by atoms with Crippen molar-refractivity contribution in [3.63, 3.8) is 0 Å². The molecule has 1 N–H and O–H groups in total. The molecule has 0 aliphatic heterocycles. The van der Waals surface area contributed by atoms with Crippen molar-refractivity contribution in [3.05, 3.63) is 0 Å². The molecule has 0 aromatic heterocycles. The molecule has 0 aromatic rings. The van der Waals surface area contributed by atoms with Crippen LogP contribution in [-0.4, -0.2) is 16.9 Å². The Morgan fingerprint density at radius 1 is 1.67 bits per heavy atom. The number of hydrogen-bond donors (Lipinski definition) is 1. The number of nitrogens with one attached hydrogen (secondary N) is 1. The van der Waals surface area contributed by atoms with Gasteiger partial charge < -0.3 is 0 Å². The summed E-state index contributed by atoms with van der Waals surface area (Å²) in [4.78, 5) is 10.8. The molecule has 0 aliphatic carbocycles. The van der Waals surface area contributed by atoms with Gasteiger partial charge in [0.05, 0.1) is 0 Å². The van der Waals surface area contributed by atoms with Crippen LogP contribution in [0.15, 0.2) is 0 Å². The Kier molecular flexibility index (Phi) is 4.88. The molecule has 0 fully saturated rings. The zero-order chi connectivity index (χ0) is 7.28. The first kappa shape index (κ1) is 9.03. The fourth-order valence-electron chi connectivity index (χ4n) is 0.480. The second kappa shape index (κ2) is 4.87. The Labute approximate surface area is 66.4 Å². The van der Waals surface area contributed by atoms with Crippen LogP contribution in [0.4, 0.5) is 0 Å². The van der Waals surface area contributed by atoms with Gasteiger partial charge in [-0.3, -0.25) is 0 Å². The SMILES string of the molecule is CCC[C](=[W])C(=O)NC. The summed E-state index contributed by atoms with van der Waals surface area (Å²) in [5.74, 6) is 0.104. The second-order valence-corrected chi connectivity index (χ2v) is 3.52. The van der Waals surface area contributed by atoms with Crippen LogP contribution in [0.1, 0.15) is 19.8 Å². The summed E-state index contributed by atoms with van der Waals surface area (Å²) in [6.45, 7) is 2.08. The molecule has 0 saturated carbocycles. The molecule has 0 radical (unpaired) electrons. The molecule has 0 aliphatic rings. The molecule has 2 nitrogen and oxygen atoms in total. The molecule has 3 heteroatoms. The number of carbonyl (C=O) groups is 1. The third kappa shape index (κ3) is 3.58. The Balaban J connectivity index is 3.60. The van der Waals surface area contributed by atoms with E-state index in [1.54, 1.807) is 7.05 Å². The molecule has 0 unspecified atom stereocenters. The summed E-state index contributed by atoms with van der Waals surface area (Å²) in [5.41, 5.74) is 0. The molecule has 9 heavy (non-hydrogen) atoms. The maximum absolute atomic E-state index is 10.8. The normalized spacial score (nSPS) is 8.67. The maximum atomic E-state index is 10.8. The van der Waals surface area contributed by atoms with Gasteiger partial charge in [0.2, 0.25) is 0 Å². The molecule has 0 spiro atoms. The Hall–Kier alpha value is 0.0283. The topological polar surface area (TPSA) is 29.1 Å². The average Bonchev–Trinajstić information content (AvgIpc) is 1.87. The Morgan fingerprint density at radius 2 is 2.22 bits per heavy atom. The number of carbonyl (C=O) groups excluding carboxylic acids is 1. The van der Waals surface area contributed by atoms with Crippen LogP contribution in [-0.2, 0) is 24.1 Å². The Morgan fingerprint density at radius 3 is 2.56 bits per heavy atom. The minimum absolute atomic E-state index is 0.104. The van der Waals surface area contributed by atoms with E-state index in [-0.39, 0.29) is 5.91 Å². The van der Waals surface area contributed by atoms with Gasteiger partial charge in [0.15, 0.2) is 0 Å². The van der Waals surface area contributed by atoms with Gasteiger partial charge in [0, 0.05) is 0 Å². The van der Waals surface area contributed by atoms with Crippen molar-refractivity contribution < 1.29 is 24.1 Å². The van der Waals surface area contributed by atoms with Gasteiger partial charge in [0.25, 0.3) is 0 Å². The van der Waals surface area contributed by atoms with E-state index in [1.165, 1.54) is 19.4 Å². The van der Waals surface area contributed by atoms with E-state index < -0.39 is 0 Å². The average molecular weight is 297 g/mol. The van der Waals surface area contributed by atoms with Gasteiger partial charge in [-0.25, -0.2) is 0 Å². The van der Waals surface area contributed by atoms with Crippen LogP contribution in [0.2, 0.25) is 0 Å². The van der Waals surface area contributed by atoms with E-state index in [2.05, 4.69) is 12.2 Å². The summed E-state index contributed by atoms with van der Waals surface area (Å²) < 4.78 is 1.00. The van der Waals surface area contributed by atoms with E-state index in [1.807, 2.05) is 0 Å². The minimum atomic E-state index is 0.104. The van der Waals surface area contributed by atoms with Gasteiger partial charge >= 0.3 is 66.1 Å². The predicted molar refractivity (Wildman–Crippen MR) is 34.0 cm³/mol. The monoisotopic (exact) mass is 297 g/mol. The molecule has 0 bridgehead atoms. The third-order valence-corrected chi connectivity index (χ3v) is 2.36.